The molecule has 2 N–H and O–H groups in total. The van der Waals surface area contributed by atoms with Crippen molar-refractivity contribution in [2.24, 2.45) is 0 Å². The van der Waals surface area contributed by atoms with E-state index in [1.165, 1.54) is 29.1 Å². The Morgan fingerprint density at radius 3 is 2.72 bits per heavy atom. The van der Waals surface area contributed by atoms with Crippen molar-refractivity contribution in [3.8, 4) is 0 Å². The smallest absolute Gasteiger partial charge is 0.322 e. The first-order chi connectivity index (χ1) is 15.6. The molecule has 1 aliphatic heterocycles. The summed E-state index contributed by atoms with van der Waals surface area (Å²) in [5.74, 6) is 0. The van der Waals surface area contributed by atoms with Gasteiger partial charge < -0.3 is 10.2 Å². The fraction of sp³-hybridized carbons (Fsp3) is 0.292. The van der Waals surface area contributed by atoms with Crippen molar-refractivity contribution in [1.29, 1.82) is 0 Å². The second kappa shape index (κ2) is 8.76. The average Bonchev–Trinajstić information content (AvgIpc) is 2.96. The molecule has 5 rings (SSSR count). The lowest BCUT2D eigenvalue weighted by Gasteiger charge is -2.39. The van der Waals surface area contributed by atoms with Crippen LogP contribution >= 0.6 is 11.6 Å². The van der Waals surface area contributed by atoms with E-state index >= 15 is 0 Å². The minimum Gasteiger partial charge on any atom is -0.322 e. The molecule has 3 aromatic rings. The van der Waals surface area contributed by atoms with Crippen molar-refractivity contribution >= 4 is 23.3 Å². The molecule has 1 aromatic carbocycles. The van der Waals surface area contributed by atoms with Crippen molar-refractivity contribution in [1.82, 2.24) is 14.8 Å². The molecule has 1 aliphatic carbocycles. The van der Waals surface area contributed by atoms with Gasteiger partial charge in [0.05, 0.1) is 11.7 Å². The topological polar surface area (TPSA) is 72.6 Å². The van der Waals surface area contributed by atoms with E-state index in [1.54, 1.807) is 12.1 Å². The van der Waals surface area contributed by atoms with E-state index in [2.05, 4.69) is 28.4 Å². The molecule has 3 heterocycles. The lowest BCUT2D eigenvalue weighted by molar-refractivity contribution is -0.904. The number of fused-ring (bicyclic) bond motifs is 2. The number of carbonyl (C=O) groups is 1. The van der Waals surface area contributed by atoms with Crippen LogP contribution in [0.1, 0.15) is 28.4 Å². The summed E-state index contributed by atoms with van der Waals surface area (Å²) < 4.78 is 0.924. The zero-order valence-electron chi connectivity index (χ0n) is 17.6. The van der Waals surface area contributed by atoms with E-state index in [0.717, 1.165) is 41.4 Å². The molecule has 1 atom stereocenters. The molecular weight excluding hydrogens is 426 g/mol. The highest BCUT2D eigenvalue weighted by atomic mass is 35.5. The lowest BCUT2D eigenvalue weighted by atomic mass is 9.96. The van der Waals surface area contributed by atoms with Crippen molar-refractivity contribution in [2.75, 3.05) is 31.5 Å². The third-order valence-electron chi connectivity index (χ3n) is 6.25. The van der Waals surface area contributed by atoms with Gasteiger partial charge in [0, 0.05) is 48.2 Å². The standard InChI is InChI=1S/C24H24ClN5O2/c25-19-7-8-21-18(15-19)6-5-17-3-1-9-26-22(17)23(21)28-11-13-29(14-12-28)24(31)27-20-4-2-10-30(32)16-20/h1-4,7-10,15-16,23H,5-6,11-14H2,(H-,27,31,32)/p+1. The van der Waals surface area contributed by atoms with Gasteiger partial charge in [-0.05, 0) is 53.8 Å². The maximum atomic E-state index is 12.7. The van der Waals surface area contributed by atoms with Crippen LogP contribution in [0, 0.1) is 0 Å². The molecule has 0 saturated carbocycles. The zero-order chi connectivity index (χ0) is 22.1. The van der Waals surface area contributed by atoms with Gasteiger partial charge in [0.25, 0.3) is 0 Å². The van der Waals surface area contributed by atoms with E-state index in [4.69, 9.17) is 16.6 Å². The molecule has 164 valence electrons. The van der Waals surface area contributed by atoms with Crippen LogP contribution in [-0.4, -0.2) is 52.2 Å². The molecule has 0 radical (unpaired) electrons. The predicted molar refractivity (Wildman–Crippen MR) is 121 cm³/mol. The number of piperazine rings is 1. The first kappa shape index (κ1) is 20.7. The largest absolute Gasteiger partial charge is 0.322 e. The lowest BCUT2D eigenvalue weighted by Crippen LogP contribution is -2.51. The van der Waals surface area contributed by atoms with E-state index in [1.807, 2.05) is 23.2 Å². The van der Waals surface area contributed by atoms with E-state index in [9.17, 15) is 10.0 Å². The van der Waals surface area contributed by atoms with Crippen LogP contribution in [0.2, 0.25) is 5.02 Å². The number of rotatable bonds is 2. The Labute approximate surface area is 191 Å². The van der Waals surface area contributed by atoms with Gasteiger partial charge in [-0.1, -0.05) is 23.7 Å². The molecule has 0 spiro atoms. The van der Waals surface area contributed by atoms with Crippen molar-refractivity contribution in [3.05, 3.63) is 88.5 Å². The first-order valence-corrected chi connectivity index (χ1v) is 11.2. The summed E-state index contributed by atoms with van der Waals surface area (Å²) >= 11 is 6.31. The van der Waals surface area contributed by atoms with Crippen LogP contribution in [0.15, 0.2) is 61.1 Å². The van der Waals surface area contributed by atoms with Crippen LogP contribution in [0.5, 0.6) is 0 Å². The Hall–Kier alpha value is -3.16. The summed E-state index contributed by atoms with van der Waals surface area (Å²) in [7, 11) is 0. The second-order valence-corrected chi connectivity index (χ2v) is 8.66. The highest BCUT2D eigenvalue weighted by Crippen LogP contribution is 2.37. The van der Waals surface area contributed by atoms with Crippen LogP contribution < -0.4 is 10.0 Å². The normalized spacial score (nSPS) is 18.4. The summed E-state index contributed by atoms with van der Waals surface area (Å²) in [5.41, 5.74) is 5.44. The van der Waals surface area contributed by atoms with Gasteiger partial charge in [0.2, 0.25) is 12.4 Å². The summed E-state index contributed by atoms with van der Waals surface area (Å²) in [5, 5.41) is 13.2. The maximum Gasteiger partial charge on any atom is 0.322 e. The number of urea groups is 1. The van der Waals surface area contributed by atoms with Gasteiger partial charge in [-0.2, -0.15) is 0 Å². The molecule has 8 heteroatoms. The molecule has 1 fully saturated rings. The number of pyridine rings is 2. The number of halogens is 1. The van der Waals surface area contributed by atoms with Gasteiger partial charge >= 0.3 is 6.03 Å². The van der Waals surface area contributed by atoms with E-state index in [-0.39, 0.29) is 12.1 Å². The number of amides is 2. The Balaban J connectivity index is 1.36. The second-order valence-electron chi connectivity index (χ2n) is 8.22. The van der Waals surface area contributed by atoms with Crippen LogP contribution in [0.25, 0.3) is 0 Å². The number of aryl methyl sites for hydroxylation is 2. The van der Waals surface area contributed by atoms with Crippen molar-refractivity contribution in [2.45, 2.75) is 18.9 Å². The molecule has 0 bridgehead atoms. The fourth-order valence-electron chi connectivity index (χ4n) is 4.68. The minimum absolute atomic E-state index is 0.0497. The monoisotopic (exact) mass is 450 g/mol. The number of aromatic nitrogens is 2. The number of benzene rings is 1. The van der Waals surface area contributed by atoms with Crippen molar-refractivity contribution < 1.29 is 14.7 Å². The highest BCUT2D eigenvalue weighted by molar-refractivity contribution is 6.30. The Morgan fingerprint density at radius 1 is 1.09 bits per heavy atom. The van der Waals surface area contributed by atoms with Gasteiger partial charge in [-0.25, -0.2) is 4.79 Å². The van der Waals surface area contributed by atoms with Crippen LogP contribution in [0.3, 0.4) is 0 Å². The molecule has 7 nitrogen and oxygen atoms in total. The quantitative estimate of drug-likeness (QED) is 0.464. The van der Waals surface area contributed by atoms with E-state index in [0.29, 0.717) is 18.8 Å². The summed E-state index contributed by atoms with van der Waals surface area (Å²) in [4.78, 5) is 21.7. The molecule has 2 aromatic heterocycles. The van der Waals surface area contributed by atoms with Crippen LogP contribution in [0.4, 0.5) is 10.5 Å². The molecule has 1 unspecified atom stereocenters. The number of hydrogen-bond acceptors (Lipinski definition) is 4. The highest BCUT2D eigenvalue weighted by Gasteiger charge is 2.33. The number of nitrogens with zero attached hydrogens (tertiary/aromatic N) is 4. The molecule has 2 amide bonds. The minimum atomic E-state index is -0.164. The maximum absolute atomic E-state index is 12.7. The third kappa shape index (κ3) is 4.13. The van der Waals surface area contributed by atoms with Gasteiger partial charge in [0.15, 0.2) is 0 Å². The van der Waals surface area contributed by atoms with Gasteiger partial charge in [0.1, 0.15) is 5.69 Å². The molecule has 1 saturated heterocycles. The summed E-state index contributed by atoms with van der Waals surface area (Å²) in [6, 6.07) is 13.6. The van der Waals surface area contributed by atoms with E-state index < -0.39 is 0 Å². The number of anilines is 1. The van der Waals surface area contributed by atoms with Crippen LogP contribution in [-0.2, 0) is 12.8 Å². The van der Waals surface area contributed by atoms with Crippen molar-refractivity contribution in [3.63, 3.8) is 0 Å². The van der Waals surface area contributed by atoms with Gasteiger partial charge in [-0.15, -0.1) is 0 Å². The zero-order valence-corrected chi connectivity index (χ0v) is 18.4. The Morgan fingerprint density at radius 2 is 1.91 bits per heavy atom. The number of carbonyl (C=O) groups excluding carboxylic acids is 1. The Bertz CT molecular complexity index is 1150. The number of hydrogen-bond donors (Lipinski definition) is 2. The Kier molecular flexibility index (Phi) is 5.68. The summed E-state index contributed by atoms with van der Waals surface area (Å²) in [6.07, 6.45) is 6.71. The predicted octanol–water partition coefficient (Wildman–Crippen LogP) is 3.30. The third-order valence-corrected chi connectivity index (χ3v) is 6.49. The number of nitrogens with one attached hydrogen (secondary N) is 1. The fourth-order valence-corrected chi connectivity index (χ4v) is 4.87. The molecule has 32 heavy (non-hydrogen) atoms. The molecular formula is C24H25ClN5O2+. The summed E-state index contributed by atoms with van der Waals surface area (Å²) in [6.45, 7) is 2.70. The average molecular weight is 451 g/mol. The SMILES string of the molecule is O=C(Nc1ccc[n+](O)c1)N1CCN(C2c3ccc(Cl)cc3CCc3cccnc32)CC1. The molecule has 2 aliphatic rings. The van der Waals surface area contributed by atoms with Gasteiger partial charge in [-0.3, -0.25) is 15.1 Å². The first-order valence-electron chi connectivity index (χ1n) is 10.8.